The van der Waals surface area contributed by atoms with Gasteiger partial charge in [-0.3, -0.25) is 14.6 Å². The lowest BCUT2D eigenvalue weighted by Gasteiger charge is -2.10. The molecular weight excluding hydrogens is 400 g/mol. The first-order valence-electron chi connectivity index (χ1n) is 10.6. The molecule has 0 unspecified atom stereocenters. The Kier molecular flexibility index (Phi) is 6.03. The number of rotatable bonds is 6. The fourth-order valence-corrected chi connectivity index (χ4v) is 3.74. The summed E-state index contributed by atoms with van der Waals surface area (Å²) in [6, 6.07) is 17.0. The molecule has 4 rings (SSSR count). The molecule has 0 aliphatic heterocycles. The summed E-state index contributed by atoms with van der Waals surface area (Å²) in [4.78, 5) is 29.5. The van der Waals surface area contributed by atoms with Crippen molar-refractivity contribution in [1.29, 1.82) is 0 Å². The van der Waals surface area contributed by atoms with Crippen LogP contribution in [-0.2, 0) is 13.1 Å². The Morgan fingerprint density at radius 2 is 1.69 bits per heavy atom. The third kappa shape index (κ3) is 4.39. The molecule has 2 aromatic heterocycles. The second kappa shape index (κ2) is 9.06. The Hall–Kier alpha value is -3.93. The van der Waals surface area contributed by atoms with Gasteiger partial charge in [-0.15, -0.1) is 0 Å². The van der Waals surface area contributed by atoms with Gasteiger partial charge in [0.2, 0.25) is 0 Å². The molecule has 0 bridgehead atoms. The number of pyridine rings is 1. The van der Waals surface area contributed by atoms with E-state index in [2.05, 4.69) is 15.6 Å². The molecule has 0 fully saturated rings. The van der Waals surface area contributed by atoms with Gasteiger partial charge in [0.25, 0.3) is 11.8 Å². The summed E-state index contributed by atoms with van der Waals surface area (Å²) < 4.78 is 1.98. The summed E-state index contributed by atoms with van der Waals surface area (Å²) in [6.07, 6.45) is 3.41. The molecular formula is C26H26N4O2. The second-order valence-electron chi connectivity index (χ2n) is 7.84. The van der Waals surface area contributed by atoms with Gasteiger partial charge in [0.15, 0.2) is 0 Å². The minimum Gasteiger partial charge on any atom is -0.347 e. The van der Waals surface area contributed by atoms with Gasteiger partial charge in [-0.1, -0.05) is 6.07 Å². The minimum absolute atomic E-state index is 0.138. The van der Waals surface area contributed by atoms with E-state index in [1.165, 1.54) is 0 Å². The van der Waals surface area contributed by atoms with Crippen molar-refractivity contribution in [2.45, 2.75) is 33.9 Å². The van der Waals surface area contributed by atoms with Crippen molar-refractivity contribution in [1.82, 2.24) is 14.9 Å². The van der Waals surface area contributed by atoms with Crippen LogP contribution >= 0.6 is 0 Å². The SMILES string of the molecule is CCn1c(C(=O)NCc2ccncc2)cc2cc(NC(=O)c3ccc(C)c(C)c3)ccc21. The number of carbonyl (C=O) groups excluding carboxylic acids is 2. The van der Waals surface area contributed by atoms with E-state index in [0.29, 0.717) is 30.0 Å². The summed E-state index contributed by atoms with van der Waals surface area (Å²) in [6.45, 7) is 7.12. The number of aromatic nitrogens is 2. The van der Waals surface area contributed by atoms with Crippen LogP contribution in [0.4, 0.5) is 5.69 Å². The normalized spacial score (nSPS) is 10.8. The highest BCUT2D eigenvalue weighted by molar-refractivity contribution is 6.06. The molecule has 0 aliphatic rings. The van der Waals surface area contributed by atoms with Gasteiger partial charge in [-0.25, -0.2) is 0 Å². The van der Waals surface area contributed by atoms with Crippen molar-refractivity contribution < 1.29 is 9.59 Å². The molecule has 2 amide bonds. The number of nitrogens with one attached hydrogen (secondary N) is 2. The number of amides is 2. The van der Waals surface area contributed by atoms with Gasteiger partial charge >= 0.3 is 0 Å². The van der Waals surface area contributed by atoms with Crippen LogP contribution in [0.25, 0.3) is 10.9 Å². The van der Waals surface area contributed by atoms with Crippen molar-refractivity contribution in [2.24, 2.45) is 0 Å². The molecule has 6 heteroatoms. The average Bonchev–Trinajstić information content (AvgIpc) is 3.17. The van der Waals surface area contributed by atoms with E-state index in [1.54, 1.807) is 12.4 Å². The van der Waals surface area contributed by atoms with E-state index in [-0.39, 0.29) is 11.8 Å². The van der Waals surface area contributed by atoms with Gasteiger partial charge < -0.3 is 15.2 Å². The number of carbonyl (C=O) groups is 2. The molecule has 0 spiro atoms. The number of benzene rings is 2. The Morgan fingerprint density at radius 3 is 2.41 bits per heavy atom. The molecule has 6 nitrogen and oxygen atoms in total. The van der Waals surface area contributed by atoms with Crippen molar-refractivity contribution >= 4 is 28.4 Å². The Morgan fingerprint density at radius 1 is 0.906 bits per heavy atom. The van der Waals surface area contributed by atoms with E-state index >= 15 is 0 Å². The molecule has 162 valence electrons. The highest BCUT2D eigenvalue weighted by atomic mass is 16.2. The number of fused-ring (bicyclic) bond motifs is 1. The van der Waals surface area contributed by atoms with Crippen molar-refractivity contribution in [2.75, 3.05) is 5.32 Å². The van der Waals surface area contributed by atoms with Gasteiger partial charge in [-0.2, -0.15) is 0 Å². The number of hydrogen-bond acceptors (Lipinski definition) is 3. The summed E-state index contributed by atoms with van der Waals surface area (Å²) in [5.41, 5.74) is 6.08. The minimum atomic E-state index is -0.155. The first-order valence-corrected chi connectivity index (χ1v) is 10.6. The highest BCUT2D eigenvalue weighted by Gasteiger charge is 2.16. The van der Waals surface area contributed by atoms with E-state index in [1.807, 2.05) is 79.9 Å². The Labute approximate surface area is 187 Å². The number of hydrogen-bond donors (Lipinski definition) is 2. The summed E-state index contributed by atoms with van der Waals surface area (Å²) in [7, 11) is 0. The largest absolute Gasteiger partial charge is 0.347 e. The van der Waals surface area contributed by atoms with Crippen LogP contribution in [-0.4, -0.2) is 21.4 Å². The van der Waals surface area contributed by atoms with Crippen LogP contribution in [0.15, 0.2) is 67.0 Å². The fourth-order valence-electron chi connectivity index (χ4n) is 3.74. The van der Waals surface area contributed by atoms with Crippen molar-refractivity contribution in [3.05, 3.63) is 94.9 Å². The van der Waals surface area contributed by atoms with E-state index in [9.17, 15) is 9.59 Å². The third-order valence-corrected chi connectivity index (χ3v) is 5.68. The Balaban J connectivity index is 1.55. The zero-order valence-electron chi connectivity index (χ0n) is 18.5. The van der Waals surface area contributed by atoms with Crippen LogP contribution in [0.3, 0.4) is 0 Å². The zero-order chi connectivity index (χ0) is 22.7. The molecule has 0 saturated carbocycles. The van der Waals surface area contributed by atoms with Gasteiger partial charge in [0.1, 0.15) is 5.69 Å². The molecule has 0 aliphatic carbocycles. The lowest BCUT2D eigenvalue weighted by molar-refractivity contribution is 0.0941. The van der Waals surface area contributed by atoms with Crippen LogP contribution < -0.4 is 10.6 Å². The quantitative estimate of drug-likeness (QED) is 0.462. The van der Waals surface area contributed by atoms with Crippen molar-refractivity contribution in [3.63, 3.8) is 0 Å². The van der Waals surface area contributed by atoms with Crippen molar-refractivity contribution in [3.8, 4) is 0 Å². The van der Waals surface area contributed by atoms with E-state index in [0.717, 1.165) is 27.6 Å². The smallest absolute Gasteiger partial charge is 0.268 e. The predicted octanol–water partition coefficient (Wildman–Crippen LogP) is 4.86. The molecule has 32 heavy (non-hydrogen) atoms. The lowest BCUT2D eigenvalue weighted by Crippen LogP contribution is -2.25. The maximum Gasteiger partial charge on any atom is 0.268 e. The first kappa shape index (κ1) is 21.3. The van der Waals surface area contributed by atoms with E-state index in [4.69, 9.17) is 0 Å². The summed E-state index contributed by atoms with van der Waals surface area (Å²) >= 11 is 0. The molecule has 2 aromatic carbocycles. The first-order chi connectivity index (χ1) is 15.5. The Bertz CT molecular complexity index is 1290. The van der Waals surface area contributed by atoms with Gasteiger partial charge in [-0.05, 0) is 86.0 Å². The van der Waals surface area contributed by atoms with Crippen LogP contribution in [0.1, 0.15) is 44.5 Å². The number of anilines is 1. The number of aryl methyl sites for hydroxylation is 3. The van der Waals surface area contributed by atoms with Crippen LogP contribution in [0.2, 0.25) is 0 Å². The molecule has 0 atom stereocenters. The second-order valence-corrected chi connectivity index (χ2v) is 7.84. The lowest BCUT2D eigenvalue weighted by atomic mass is 10.1. The standard InChI is InChI=1S/C26H26N4O2/c1-4-30-23-8-7-22(29-25(31)20-6-5-17(2)18(3)13-20)14-21(23)15-24(30)26(32)28-16-19-9-11-27-12-10-19/h5-15H,4,16H2,1-3H3,(H,28,32)(H,29,31). The molecule has 2 heterocycles. The molecule has 4 aromatic rings. The topological polar surface area (TPSA) is 76.0 Å². The fraction of sp³-hybridized carbons (Fsp3) is 0.192. The summed E-state index contributed by atoms with van der Waals surface area (Å²) in [5.74, 6) is -0.293. The van der Waals surface area contributed by atoms with Gasteiger partial charge in [0.05, 0.1) is 0 Å². The molecule has 2 N–H and O–H groups in total. The maximum absolute atomic E-state index is 12.9. The number of nitrogens with zero attached hydrogens (tertiary/aromatic N) is 2. The summed E-state index contributed by atoms with van der Waals surface area (Å²) in [5, 5.41) is 6.84. The predicted molar refractivity (Wildman–Crippen MR) is 127 cm³/mol. The molecule has 0 radical (unpaired) electrons. The molecule has 0 saturated heterocycles. The average molecular weight is 427 g/mol. The van der Waals surface area contributed by atoms with Crippen LogP contribution in [0, 0.1) is 13.8 Å². The van der Waals surface area contributed by atoms with Gasteiger partial charge in [0, 0.05) is 47.6 Å². The monoisotopic (exact) mass is 426 g/mol. The van der Waals surface area contributed by atoms with E-state index < -0.39 is 0 Å². The van der Waals surface area contributed by atoms with Crippen LogP contribution in [0.5, 0.6) is 0 Å². The highest BCUT2D eigenvalue weighted by Crippen LogP contribution is 2.24. The third-order valence-electron chi connectivity index (χ3n) is 5.68. The zero-order valence-corrected chi connectivity index (χ0v) is 18.5. The maximum atomic E-state index is 12.9.